The van der Waals surface area contributed by atoms with Gasteiger partial charge in [0.25, 0.3) is 0 Å². The molecule has 2 aromatic rings. The summed E-state index contributed by atoms with van der Waals surface area (Å²) in [4.78, 5) is 22.8. The van der Waals surface area contributed by atoms with Crippen LogP contribution >= 0.6 is 46.3 Å². The summed E-state index contributed by atoms with van der Waals surface area (Å²) in [7, 11) is 0. The van der Waals surface area contributed by atoms with Gasteiger partial charge in [-0.3, -0.25) is 0 Å². The van der Waals surface area contributed by atoms with Crippen LogP contribution in [0, 0.1) is 0 Å². The van der Waals surface area contributed by atoms with Crippen LogP contribution in [0.1, 0.15) is 11.4 Å². The maximum Gasteiger partial charge on any atom is 0.331 e. The van der Waals surface area contributed by atoms with E-state index < -0.39 is 11.9 Å². The second-order valence-corrected chi connectivity index (χ2v) is 6.25. The van der Waals surface area contributed by atoms with Crippen molar-refractivity contribution in [3.05, 3.63) is 32.2 Å². The van der Waals surface area contributed by atoms with Gasteiger partial charge in [-0.05, 0) is 0 Å². The molecule has 0 N–H and O–H groups in total. The van der Waals surface area contributed by atoms with Gasteiger partial charge in [-0.15, -0.1) is 10.2 Å². The number of hydrogen-bond acceptors (Lipinski definition) is 10. The Hall–Kier alpha value is -1.62. The maximum absolute atomic E-state index is 11.4. The SMILES string of the molecule is O=C(/C=C/C(=O)OCc1nnsc1Cl)OCc1nnsc1Cl. The Morgan fingerprint density at radius 1 is 0.909 bits per heavy atom. The molecule has 22 heavy (non-hydrogen) atoms. The fraction of sp³-hybridized carbons (Fsp3) is 0.200. The van der Waals surface area contributed by atoms with Crippen molar-refractivity contribution in [2.45, 2.75) is 13.2 Å². The molecular formula is C10H6Cl2N4O4S2. The fourth-order valence-corrected chi connectivity index (χ4v) is 2.28. The van der Waals surface area contributed by atoms with Gasteiger partial charge in [-0.1, -0.05) is 32.2 Å². The molecule has 0 spiro atoms. The number of hydrogen-bond donors (Lipinski definition) is 0. The van der Waals surface area contributed by atoms with E-state index in [0.717, 1.165) is 35.2 Å². The highest BCUT2D eigenvalue weighted by Gasteiger charge is 2.09. The molecule has 0 aliphatic carbocycles. The summed E-state index contributed by atoms with van der Waals surface area (Å²) in [6, 6.07) is 0. The van der Waals surface area contributed by atoms with E-state index in [1.54, 1.807) is 0 Å². The highest BCUT2D eigenvalue weighted by Crippen LogP contribution is 2.18. The number of nitrogens with zero attached hydrogens (tertiary/aromatic N) is 4. The highest BCUT2D eigenvalue weighted by atomic mass is 35.5. The molecule has 12 heteroatoms. The van der Waals surface area contributed by atoms with Crippen molar-refractivity contribution in [3.63, 3.8) is 0 Å². The lowest BCUT2D eigenvalue weighted by atomic mass is 10.5. The third-order valence-electron chi connectivity index (χ3n) is 2.08. The second kappa shape index (κ2) is 8.13. The predicted molar refractivity (Wildman–Crippen MR) is 78.6 cm³/mol. The normalized spacial score (nSPS) is 10.8. The molecule has 0 amide bonds. The molecule has 2 heterocycles. The van der Waals surface area contributed by atoms with Crippen molar-refractivity contribution in [2.24, 2.45) is 0 Å². The molecule has 0 aliphatic heterocycles. The lowest BCUT2D eigenvalue weighted by Gasteiger charge is -1.99. The monoisotopic (exact) mass is 380 g/mol. The average Bonchev–Trinajstić information content (AvgIpc) is 3.09. The van der Waals surface area contributed by atoms with E-state index in [1.807, 2.05) is 0 Å². The van der Waals surface area contributed by atoms with Gasteiger partial charge >= 0.3 is 11.9 Å². The molecule has 2 rings (SSSR count). The first-order valence-electron chi connectivity index (χ1n) is 5.51. The molecule has 0 fully saturated rings. The molecule has 0 saturated carbocycles. The third-order valence-corrected chi connectivity index (χ3v) is 4.05. The average molecular weight is 381 g/mol. The van der Waals surface area contributed by atoms with Crippen LogP contribution in [-0.2, 0) is 32.3 Å². The zero-order valence-electron chi connectivity index (χ0n) is 10.6. The minimum atomic E-state index is -0.741. The van der Waals surface area contributed by atoms with Crippen LogP contribution in [0.2, 0.25) is 8.67 Å². The minimum absolute atomic E-state index is 0.131. The number of aromatic nitrogens is 4. The summed E-state index contributed by atoms with van der Waals surface area (Å²) < 4.78 is 17.5. The van der Waals surface area contributed by atoms with Crippen LogP contribution in [0.4, 0.5) is 0 Å². The van der Waals surface area contributed by atoms with Crippen molar-refractivity contribution in [1.29, 1.82) is 0 Å². The molecule has 2 aromatic heterocycles. The van der Waals surface area contributed by atoms with Crippen molar-refractivity contribution in [3.8, 4) is 0 Å². The zero-order valence-corrected chi connectivity index (χ0v) is 13.7. The lowest BCUT2D eigenvalue weighted by Crippen LogP contribution is -2.05. The van der Waals surface area contributed by atoms with Crippen LogP contribution in [0.25, 0.3) is 0 Å². The number of carbonyl (C=O) groups is 2. The van der Waals surface area contributed by atoms with Gasteiger partial charge < -0.3 is 9.47 Å². The van der Waals surface area contributed by atoms with E-state index in [0.29, 0.717) is 20.1 Å². The number of halogens is 2. The van der Waals surface area contributed by atoms with E-state index in [4.69, 9.17) is 32.7 Å². The van der Waals surface area contributed by atoms with Crippen LogP contribution in [0.15, 0.2) is 12.2 Å². The Bertz CT molecular complexity index is 644. The van der Waals surface area contributed by atoms with Crippen molar-refractivity contribution >= 4 is 58.2 Å². The van der Waals surface area contributed by atoms with Crippen molar-refractivity contribution < 1.29 is 19.1 Å². The van der Waals surface area contributed by atoms with E-state index in [-0.39, 0.29) is 13.2 Å². The molecule has 0 unspecified atom stereocenters. The molecule has 0 aliphatic rings. The van der Waals surface area contributed by atoms with Gasteiger partial charge in [0, 0.05) is 35.2 Å². The summed E-state index contributed by atoms with van der Waals surface area (Å²) >= 11 is 13.4. The van der Waals surface area contributed by atoms with E-state index in [1.165, 1.54) is 0 Å². The first kappa shape index (κ1) is 16.7. The van der Waals surface area contributed by atoms with Crippen LogP contribution in [0.3, 0.4) is 0 Å². The Balaban J connectivity index is 1.73. The van der Waals surface area contributed by atoms with E-state index in [2.05, 4.69) is 19.2 Å². The molecule has 0 atom stereocenters. The number of ether oxygens (including phenoxy) is 2. The Morgan fingerprint density at radius 2 is 1.32 bits per heavy atom. The summed E-state index contributed by atoms with van der Waals surface area (Å²) in [5.74, 6) is -1.48. The smallest absolute Gasteiger partial charge is 0.331 e. The maximum atomic E-state index is 11.4. The van der Waals surface area contributed by atoms with Crippen molar-refractivity contribution in [1.82, 2.24) is 19.2 Å². The molecule has 0 bridgehead atoms. The summed E-state index contributed by atoms with van der Waals surface area (Å²) in [6.45, 7) is -0.263. The first-order valence-corrected chi connectivity index (χ1v) is 7.81. The standard InChI is InChI=1S/C10H6Cl2N4O4S2/c11-9-5(13-15-21-9)3-19-7(17)1-2-8(18)20-4-6-10(12)22-16-14-6/h1-2H,3-4H2/b2-1+. The predicted octanol–water partition coefficient (Wildman–Crippen LogP) is 2.04. The minimum Gasteiger partial charge on any atom is -0.456 e. The fourth-order valence-electron chi connectivity index (χ4n) is 1.08. The zero-order chi connectivity index (χ0) is 15.9. The molecule has 0 radical (unpaired) electrons. The van der Waals surface area contributed by atoms with Gasteiger partial charge in [-0.2, -0.15) is 0 Å². The van der Waals surface area contributed by atoms with E-state index in [9.17, 15) is 9.59 Å². The molecular weight excluding hydrogens is 375 g/mol. The first-order chi connectivity index (χ1) is 10.6. The number of carbonyl (C=O) groups excluding carboxylic acids is 2. The van der Waals surface area contributed by atoms with Crippen LogP contribution in [-0.4, -0.2) is 31.1 Å². The van der Waals surface area contributed by atoms with Crippen LogP contribution < -0.4 is 0 Å². The van der Waals surface area contributed by atoms with Gasteiger partial charge in [0.2, 0.25) is 0 Å². The second-order valence-electron chi connectivity index (χ2n) is 3.54. The van der Waals surface area contributed by atoms with Gasteiger partial charge in [0.1, 0.15) is 33.3 Å². The van der Waals surface area contributed by atoms with Gasteiger partial charge in [-0.25, -0.2) is 9.59 Å². The topological polar surface area (TPSA) is 104 Å². The van der Waals surface area contributed by atoms with Gasteiger partial charge in [0.15, 0.2) is 0 Å². The Labute approximate surface area is 142 Å². The van der Waals surface area contributed by atoms with Crippen molar-refractivity contribution in [2.75, 3.05) is 0 Å². The molecule has 0 aromatic carbocycles. The third kappa shape index (κ3) is 4.98. The largest absolute Gasteiger partial charge is 0.456 e. The highest BCUT2D eigenvalue weighted by molar-refractivity contribution is 7.10. The number of rotatable bonds is 6. The summed E-state index contributed by atoms with van der Waals surface area (Å²) in [5.41, 5.74) is 0.698. The summed E-state index contributed by atoms with van der Waals surface area (Å²) in [6.07, 6.45) is 1.86. The molecule has 8 nitrogen and oxygen atoms in total. The van der Waals surface area contributed by atoms with Crippen LogP contribution in [0.5, 0.6) is 0 Å². The quantitative estimate of drug-likeness (QED) is 0.553. The molecule has 0 saturated heterocycles. The number of esters is 2. The molecule has 116 valence electrons. The van der Waals surface area contributed by atoms with Gasteiger partial charge in [0.05, 0.1) is 0 Å². The Kier molecular flexibility index (Phi) is 6.19. The lowest BCUT2D eigenvalue weighted by molar-refractivity contribution is -0.141. The Morgan fingerprint density at radius 3 is 1.64 bits per heavy atom. The van der Waals surface area contributed by atoms with E-state index >= 15 is 0 Å². The summed E-state index contributed by atoms with van der Waals surface area (Å²) in [5, 5.41) is 7.34.